The van der Waals surface area contributed by atoms with Gasteiger partial charge in [0.2, 0.25) is 0 Å². The van der Waals surface area contributed by atoms with E-state index < -0.39 is 36.4 Å². The third kappa shape index (κ3) is 6.48. The van der Waals surface area contributed by atoms with Crippen LogP contribution in [0.1, 0.15) is 19.3 Å². The van der Waals surface area contributed by atoms with Crippen LogP contribution in [0.15, 0.2) is 0 Å². The van der Waals surface area contributed by atoms with Crippen molar-refractivity contribution in [1.29, 1.82) is 0 Å². The Morgan fingerprint density at radius 2 is 1.29 bits per heavy atom. The number of carbonyl (C=O) groups is 3. The van der Waals surface area contributed by atoms with Gasteiger partial charge in [-0.1, -0.05) is 0 Å². The van der Waals surface area contributed by atoms with Crippen LogP contribution in [0, 0.1) is 0 Å². The fourth-order valence-electron chi connectivity index (χ4n) is 0.858. The van der Waals surface area contributed by atoms with Crippen LogP contribution < -0.4 is 0 Å². The SMILES string of the molecule is C1COC1.O=C(O)CC(O)(CC(=O)O)C(=O)O. The van der Waals surface area contributed by atoms with E-state index >= 15 is 0 Å². The van der Waals surface area contributed by atoms with E-state index in [1.54, 1.807) is 0 Å². The second-order valence-electron chi connectivity index (χ2n) is 3.44. The molecule has 1 aliphatic heterocycles. The maximum atomic E-state index is 10.3. The van der Waals surface area contributed by atoms with Crippen LogP contribution in [0.25, 0.3) is 0 Å². The number of carboxylic acids is 3. The summed E-state index contributed by atoms with van der Waals surface area (Å²) >= 11 is 0. The van der Waals surface area contributed by atoms with Crippen molar-refractivity contribution >= 4 is 17.9 Å². The smallest absolute Gasteiger partial charge is 0.336 e. The van der Waals surface area contributed by atoms with Gasteiger partial charge < -0.3 is 25.2 Å². The molecule has 0 saturated carbocycles. The molecule has 1 saturated heterocycles. The van der Waals surface area contributed by atoms with Crippen molar-refractivity contribution in [2.45, 2.75) is 24.9 Å². The molecule has 0 bridgehead atoms. The molecule has 0 spiro atoms. The summed E-state index contributed by atoms with van der Waals surface area (Å²) in [4.78, 5) is 30.5. The zero-order chi connectivity index (χ0) is 13.5. The third-order valence-electron chi connectivity index (χ3n) is 1.86. The molecule has 0 radical (unpaired) electrons. The summed E-state index contributed by atoms with van der Waals surface area (Å²) in [6.45, 7) is 2.00. The van der Waals surface area contributed by atoms with Crippen LogP contribution in [-0.2, 0) is 19.1 Å². The fraction of sp³-hybridized carbons (Fsp3) is 0.667. The zero-order valence-corrected chi connectivity index (χ0v) is 8.96. The Morgan fingerprint density at radius 1 is 1.00 bits per heavy atom. The van der Waals surface area contributed by atoms with Crippen LogP contribution >= 0.6 is 0 Å². The molecule has 0 atom stereocenters. The number of ether oxygens (including phenoxy) is 1. The lowest BCUT2D eigenvalue weighted by Gasteiger charge is -2.18. The first kappa shape index (κ1) is 15.3. The highest BCUT2D eigenvalue weighted by Crippen LogP contribution is 2.15. The molecule has 1 aliphatic rings. The highest BCUT2D eigenvalue weighted by Gasteiger charge is 2.40. The fourth-order valence-corrected chi connectivity index (χ4v) is 0.858. The van der Waals surface area contributed by atoms with E-state index in [4.69, 9.17) is 25.2 Å². The molecule has 8 nitrogen and oxygen atoms in total. The van der Waals surface area contributed by atoms with Crippen molar-refractivity contribution in [3.63, 3.8) is 0 Å². The van der Waals surface area contributed by atoms with E-state index in [1.807, 2.05) is 0 Å². The van der Waals surface area contributed by atoms with Crippen molar-refractivity contribution in [2.75, 3.05) is 13.2 Å². The quantitative estimate of drug-likeness (QED) is 0.494. The predicted octanol–water partition coefficient (Wildman–Crippen LogP) is -0.842. The van der Waals surface area contributed by atoms with Crippen molar-refractivity contribution < 1.29 is 39.5 Å². The maximum Gasteiger partial charge on any atom is 0.336 e. The Bertz CT molecular complexity index is 273. The second-order valence-corrected chi connectivity index (χ2v) is 3.44. The van der Waals surface area contributed by atoms with E-state index in [9.17, 15) is 14.4 Å². The van der Waals surface area contributed by atoms with Gasteiger partial charge in [-0.3, -0.25) is 9.59 Å². The van der Waals surface area contributed by atoms with Crippen LogP contribution in [0.4, 0.5) is 0 Å². The normalized spacial score (nSPS) is 13.9. The van der Waals surface area contributed by atoms with Gasteiger partial charge >= 0.3 is 17.9 Å². The number of aliphatic hydroxyl groups is 1. The van der Waals surface area contributed by atoms with Crippen LogP contribution in [-0.4, -0.2) is 57.1 Å². The molecule has 98 valence electrons. The Morgan fingerprint density at radius 3 is 1.41 bits per heavy atom. The number of hydrogen-bond donors (Lipinski definition) is 4. The molecule has 8 heteroatoms. The van der Waals surface area contributed by atoms with Crippen LogP contribution in [0.3, 0.4) is 0 Å². The summed E-state index contributed by atoms with van der Waals surface area (Å²) in [5, 5.41) is 33.8. The first-order valence-electron chi connectivity index (χ1n) is 4.75. The van der Waals surface area contributed by atoms with Gasteiger partial charge in [-0.25, -0.2) is 4.79 Å². The largest absolute Gasteiger partial charge is 0.481 e. The first-order valence-corrected chi connectivity index (χ1v) is 4.75. The Labute approximate surface area is 96.4 Å². The monoisotopic (exact) mass is 250 g/mol. The Hall–Kier alpha value is -1.67. The van der Waals surface area contributed by atoms with Gasteiger partial charge in [-0.05, 0) is 6.42 Å². The second kappa shape index (κ2) is 6.81. The lowest BCUT2D eigenvalue weighted by atomic mass is 9.96. The topological polar surface area (TPSA) is 141 Å². The van der Waals surface area contributed by atoms with Crippen molar-refractivity contribution in [3.05, 3.63) is 0 Å². The molecule has 0 aromatic carbocycles. The summed E-state index contributed by atoms with van der Waals surface area (Å²) in [6.07, 6.45) is -1.01. The molecule has 17 heavy (non-hydrogen) atoms. The van der Waals surface area contributed by atoms with Gasteiger partial charge in [0.25, 0.3) is 0 Å². The summed E-state index contributed by atoms with van der Waals surface area (Å²) in [6, 6.07) is 0. The van der Waals surface area contributed by atoms with E-state index in [2.05, 4.69) is 0 Å². The number of carboxylic acid groups (broad SMARTS) is 3. The highest BCUT2D eigenvalue weighted by molar-refractivity contribution is 5.88. The maximum absolute atomic E-state index is 10.3. The third-order valence-corrected chi connectivity index (χ3v) is 1.86. The van der Waals surface area contributed by atoms with Gasteiger partial charge in [0.15, 0.2) is 5.60 Å². The van der Waals surface area contributed by atoms with Gasteiger partial charge in [0, 0.05) is 13.2 Å². The minimum atomic E-state index is -2.74. The summed E-state index contributed by atoms with van der Waals surface area (Å²) < 4.78 is 4.72. The molecule has 0 aliphatic carbocycles. The average Bonchev–Trinajstić information content (AvgIpc) is 1.95. The molecule has 0 aromatic heterocycles. The minimum absolute atomic E-state index is 1.00. The average molecular weight is 250 g/mol. The van der Waals surface area contributed by atoms with Gasteiger partial charge in [0.05, 0.1) is 12.8 Å². The zero-order valence-electron chi connectivity index (χ0n) is 8.96. The lowest BCUT2D eigenvalue weighted by Crippen LogP contribution is -2.42. The molecule has 1 heterocycles. The standard InChI is InChI=1S/C6H8O7.C3H6O/c7-3(8)1-6(13,5(11)12)2-4(9)10;1-2-4-3-1/h13H,1-2H2,(H,7,8)(H,9,10)(H,11,12);1-3H2. The Kier molecular flexibility index (Phi) is 6.15. The molecular weight excluding hydrogens is 236 g/mol. The van der Waals surface area contributed by atoms with E-state index in [0.717, 1.165) is 13.2 Å². The van der Waals surface area contributed by atoms with Crippen molar-refractivity contribution in [3.8, 4) is 0 Å². The minimum Gasteiger partial charge on any atom is -0.481 e. The molecule has 0 amide bonds. The Balaban J connectivity index is 0.000000529. The van der Waals surface area contributed by atoms with Gasteiger partial charge in [0.1, 0.15) is 0 Å². The van der Waals surface area contributed by atoms with Crippen molar-refractivity contribution in [2.24, 2.45) is 0 Å². The van der Waals surface area contributed by atoms with Crippen LogP contribution in [0.2, 0.25) is 0 Å². The molecule has 1 rings (SSSR count). The molecule has 4 N–H and O–H groups in total. The number of rotatable bonds is 5. The van der Waals surface area contributed by atoms with Crippen molar-refractivity contribution in [1.82, 2.24) is 0 Å². The molecule has 1 fully saturated rings. The molecular formula is C9H14O8. The first-order chi connectivity index (χ1) is 7.78. The summed E-state index contributed by atoms with van der Waals surface area (Å²) in [5.74, 6) is -5.02. The van der Waals surface area contributed by atoms with E-state index in [1.165, 1.54) is 6.42 Å². The van der Waals surface area contributed by atoms with Crippen LogP contribution in [0.5, 0.6) is 0 Å². The number of hydrogen-bond acceptors (Lipinski definition) is 5. The summed E-state index contributed by atoms with van der Waals surface area (Å²) in [5.41, 5.74) is -2.74. The predicted molar refractivity (Wildman–Crippen MR) is 52.5 cm³/mol. The number of aliphatic carboxylic acids is 3. The highest BCUT2D eigenvalue weighted by atomic mass is 16.5. The van der Waals surface area contributed by atoms with Gasteiger partial charge in [-0.2, -0.15) is 0 Å². The van der Waals surface area contributed by atoms with Gasteiger partial charge in [-0.15, -0.1) is 0 Å². The summed E-state index contributed by atoms with van der Waals surface area (Å²) in [7, 11) is 0. The lowest BCUT2D eigenvalue weighted by molar-refractivity contribution is -0.170. The van der Waals surface area contributed by atoms with E-state index in [0.29, 0.717) is 0 Å². The molecule has 0 unspecified atom stereocenters. The molecule has 0 aromatic rings. The van der Waals surface area contributed by atoms with E-state index in [-0.39, 0.29) is 0 Å².